The Balaban J connectivity index is 1.54. The number of amides is 1. The first kappa shape index (κ1) is 17.3. The van der Waals surface area contributed by atoms with E-state index in [0.29, 0.717) is 5.56 Å². The number of nitrogens with one attached hydrogen (secondary N) is 1. The van der Waals surface area contributed by atoms with Gasteiger partial charge >= 0.3 is 0 Å². The summed E-state index contributed by atoms with van der Waals surface area (Å²) in [4.78, 5) is 19.4. The lowest BCUT2D eigenvalue weighted by Crippen LogP contribution is -2.17. The number of fused-ring (bicyclic) bond motifs is 1. The molecule has 0 saturated carbocycles. The van der Waals surface area contributed by atoms with Crippen molar-refractivity contribution in [2.24, 2.45) is 0 Å². The molecule has 4 rings (SSSR count). The largest absolute Gasteiger partial charge is 0.326 e. The van der Waals surface area contributed by atoms with Crippen molar-refractivity contribution >= 4 is 23.1 Å². The van der Waals surface area contributed by atoms with Gasteiger partial charge in [0.05, 0.1) is 5.56 Å². The molecule has 4 nitrogen and oxygen atoms in total. The maximum atomic E-state index is 12.7. The molecule has 0 saturated heterocycles. The highest BCUT2D eigenvalue weighted by molar-refractivity contribution is 6.05. The van der Waals surface area contributed by atoms with Gasteiger partial charge in [0, 0.05) is 24.1 Å². The topological polar surface area (TPSA) is 45.2 Å². The molecule has 1 aliphatic rings. The number of carbonyl (C=O) groups is 1. The van der Waals surface area contributed by atoms with Crippen molar-refractivity contribution in [2.75, 3.05) is 16.8 Å². The number of anilines is 3. The lowest BCUT2D eigenvalue weighted by atomic mass is 10.0. The molecule has 2 heterocycles. The Morgan fingerprint density at radius 3 is 2.48 bits per heavy atom. The normalized spacial score (nSPS) is 12.8. The second-order valence-electron chi connectivity index (χ2n) is 7.16. The fraction of sp³-hybridized carbons (Fsp3) is 0.217. The highest BCUT2D eigenvalue weighted by atomic mass is 16.1. The predicted molar refractivity (Wildman–Crippen MR) is 110 cm³/mol. The van der Waals surface area contributed by atoms with Crippen LogP contribution in [0.25, 0.3) is 0 Å². The zero-order valence-corrected chi connectivity index (χ0v) is 15.9. The van der Waals surface area contributed by atoms with Gasteiger partial charge < -0.3 is 10.2 Å². The molecule has 0 unspecified atom stereocenters. The highest BCUT2D eigenvalue weighted by Crippen LogP contribution is 2.33. The molecule has 4 heteroatoms. The van der Waals surface area contributed by atoms with Gasteiger partial charge in [0.15, 0.2) is 0 Å². The van der Waals surface area contributed by atoms with Gasteiger partial charge in [0.25, 0.3) is 5.91 Å². The van der Waals surface area contributed by atoms with E-state index in [1.807, 2.05) is 32.0 Å². The zero-order valence-electron chi connectivity index (χ0n) is 15.9. The molecule has 1 N–H and O–H groups in total. The van der Waals surface area contributed by atoms with E-state index in [9.17, 15) is 4.79 Å². The molecule has 0 atom stereocenters. The van der Waals surface area contributed by atoms with E-state index in [0.717, 1.165) is 35.6 Å². The summed E-state index contributed by atoms with van der Waals surface area (Å²) in [6.45, 7) is 7.01. The number of nitrogens with zero attached hydrogens (tertiary/aromatic N) is 2. The van der Waals surface area contributed by atoms with E-state index < -0.39 is 0 Å². The van der Waals surface area contributed by atoms with Crippen molar-refractivity contribution in [1.82, 2.24) is 4.98 Å². The van der Waals surface area contributed by atoms with Crippen LogP contribution in [0.5, 0.6) is 0 Å². The maximum Gasteiger partial charge on any atom is 0.257 e. The Kier molecular flexibility index (Phi) is 4.40. The summed E-state index contributed by atoms with van der Waals surface area (Å²) >= 11 is 0. The molecule has 136 valence electrons. The second-order valence-corrected chi connectivity index (χ2v) is 7.16. The molecule has 1 aromatic heterocycles. The molecule has 1 amide bonds. The fourth-order valence-electron chi connectivity index (χ4n) is 3.82. The first-order valence-corrected chi connectivity index (χ1v) is 9.23. The van der Waals surface area contributed by atoms with Crippen molar-refractivity contribution in [3.63, 3.8) is 0 Å². The minimum absolute atomic E-state index is 0.133. The quantitative estimate of drug-likeness (QED) is 0.721. The first-order chi connectivity index (χ1) is 13.0. The van der Waals surface area contributed by atoms with Crippen molar-refractivity contribution in [2.45, 2.75) is 27.2 Å². The van der Waals surface area contributed by atoms with Gasteiger partial charge in [-0.15, -0.1) is 0 Å². The van der Waals surface area contributed by atoms with E-state index in [-0.39, 0.29) is 5.91 Å². The van der Waals surface area contributed by atoms with E-state index >= 15 is 0 Å². The standard InChI is InChI=1S/C23H23N3O/c1-15-12-16(2)22(17(3)13-15)25-23(27)19-8-9-21(24-14-19)26-11-10-18-6-4-5-7-20(18)26/h4-9,12-14H,10-11H2,1-3H3,(H,25,27). The van der Waals surface area contributed by atoms with Crippen LogP contribution in [0.4, 0.5) is 17.2 Å². The Labute approximate surface area is 159 Å². The van der Waals surface area contributed by atoms with Crippen LogP contribution < -0.4 is 10.2 Å². The molecule has 0 spiro atoms. The minimum atomic E-state index is -0.133. The zero-order chi connectivity index (χ0) is 19.0. The Bertz CT molecular complexity index is 985. The third-order valence-corrected chi connectivity index (χ3v) is 5.09. The molecule has 0 radical (unpaired) electrons. The molecular weight excluding hydrogens is 334 g/mol. The van der Waals surface area contributed by atoms with E-state index in [1.54, 1.807) is 6.20 Å². The van der Waals surface area contributed by atoms with Crippen LogP contribution in [0.2, 0.25) is 0 Å². The van der Waals surface area contributed by atoms with Crippen LogP contribution >= 0.6 is 0 Å². The molecule has 3 aromatic rings. The smallest absolute Gasteiger partial charge is 0.257 e. The number of pyridine rings is 1. The number of aryl methyl sites for hydroxylation is 3. The molecule has 0 bridgehead atoms. The van der Waals surface area contributed by atoms with E-state index in [1.165, 1.54) is 16.8 Å². The molecular formula is C23H23N3O. The van der Waals surface area contributed by atoms with Gasteiger partial charge in [-0.05, 0) is 62.1 Å². The van der Waals surface area contributed by atoms with Crippen molar-refractivity contribution in [1.29, 1.82) is 0 Å². The molecule has 0 aliphatic carbocycles. The van der Waals surface area contributed by atoms with Crippen LogP contribution in [-0.4, -0.2) is 17.4 Å². The number of hydrogen-bond donors (Lipinski definition) is 1. The summed E-state index contributed by atoms with van der Waals surface area (Å²) in [5, 5.41) is 3.03. The number of rotatable bonds is 3. The minimum Gasteiger partial charge on any atom is -0.326 e. The summed E-state index contributed by atoms with van der Waals surface area (Å²) in [6, 6.07) is 16.3. The average molecular weight is 357 g/mol. The van der Waals surface area contributed by atoms with Gasteiger partial charge in [-0.25, -0.2) is 4.98 Å². The van der Waals surface area contributed by atoms with Crippen LogP contribution in [0, 0.1) is 20.8 Å². The van der Waals surface area contributed by atoms with Gasteiger partial charge in [-0.3, -0.25) is 4.79 Å². The van der Waals surface area contributed by atoms with Gasteiger partial charge in [-0.1, -0.05) is 35.9 Å². The highest BCUT2D eigenvalue weighted by Gasteiger charge is 2.21. The van der Waals surface area contributed by atoms with Gasteiger partial charge in [0.1, 0.15) is 5.82 Å². The Morgan fingerprint density at radius 2 is 1.78 bits per heavy atom. The van der Waals surface area contributed by atoms with Crippen LogP contribution in [-0.2, 0) is 6.42 Å². The number of para-hydroxylation sites is 1. The van der Waals surface area contributed by atoms with Crippen LogP contribution in [0.1, 0.15) is 32.6 Å². The number of hydrogen-bond acceptors (Lipinski definition) is 3. The van der Waals surface area contributed by atoms with Crippen molar-refractivity contribution < 1.29 is 4.79 Å². The number of benzene rings is 2. The molecule has 2 aromatic carbocycles. The lowest BCUT2D eigenvalue weighted by Gasteiger charge is -2.18. The summed E-state index contributed by atoms with van der Waals surface area (Å²) in [7, 11) is 0. The maximum absolute atomic E-state index is 12.7. The van der Waals surface area contributed by atoms with Gasteiger partial charge in [0.2, 0.25) is 0 Å². The second kappa shape index (κ2) is 6.88. The van der Waals surface area contributed by atoms with E-state index in [4.69, 9.17) is 0 Å². The molecule has 1 aliphatic heterocycles. The summed E-state index contributed by atoms with van der Waals surface area (Å²) in [5.74, 6) is 0.741. The van der Waals surface area contributed by atoms with Crippen molar-refractivity contribution in [3.8, 4) is 0 Å². The number of aromatic nitrogens is 1. The summed E-state index contributed by atoms with van der Waals surface area (Å²) < 4.78 is 0. The van der Waals surface area contributed by atoms with Crippen LogP contribution in [0.15, 0.2) is 54.7 Å². The monoisotopic (exact) mass is 357 g/mol. The summed E-state index contributed by atoms with van der Waals surface area (Å²) in [6.07, 6.45) is 2.68. The van der Waals surface area contributed by atoms with E-state index in [2.05, 4.69) is 52.5 Å². The Hall–Kier alpha value is -3.14. The van der Waals surface area contributed by atoms with Gasteiger partial charge in [-0.2, -0.15) is 0 Å². The third kappa shape index (κ3) is 3.31. The summed E-state index contributed by atoms with van der Waals surface area (Å²) in [5.41, 5.74) is 7.31. The molecule has 27 heavy (non-hydrogen) atoms. The Morgan fingerprint density at radius 1 is 1.04 bits per heavy atom. The predicted octanol–water partition coefficient (Wildman–Crippen LogP) is 4.95. The number of carbonyl (C=O) groups excluding carboxylic acids is 1. The average Bonchev–Trinajstić information content (AvgIpc) is 3.09. The molecule has 0 fully saturated rings. The lowest BCUT2D eigenvalue weighted by molar-refractivity contribution is 0.102. The SMILES string of the molecule is Cc1cc(C)c(NC(=O)c2ccc(N3CCc4ccccc43)nc2)c(C)c1. The third-order valence-electron chi connectivity index (χ3n) is 5.09. The fourth-order valence-corrected chi connectivity index (χ4v) is 3.82. The van der Waals surface area contributed by atoms with Crippen LogP contribution in [0.3, 0.4) is 0 Å². The first-order valence-electron chi connectivity index (χ1n) is 9.23. The van der Waals surface area contributed by atoms with Crippen molar-refractivity contribution in [3.05, 3.63) is 82.5 Å².